The second-order valence-electron chi connectivity index (χ2n) is 9.06. The third kappa shape index (κ3) is 4.52. The van der Waals surface area contributed by atoms with Crippen LogP contribution in [0.4, 0.5) is 8.78 Å². The van der Waals surface area contributed by atoms with Gasteiger partial charge in [-0.1, -0.05) is 6.07 Å². The monoisotopic (exact) mass is 530 g/mol. The minimum absolute atomic E-state index is 0.0927. The van der Waals surface area contributed by atoms with Gasteiger partial charge in [-0.15, -0.1) is 0 Å². The van der Waals surface area contributed by atoms with Crippen LogP contribution in [0.25, 0.3) is 55.8 Å². The van der Waals surface area contributed by atoms with Crippen LogP contribution in [0.2, 0.25) is 0 Å². The number of nitrogens with one attached hydrogen (secondary N) is 2. The Morgan fingerprint density at radius 2 is 1.82 bits per heavy atom. The molecular weight excluding hydrogens is 510 g/mol. The van der Waals surface area contributed by atoms with E-state index in [0.29, 0.717) is 50.3 Å². The number of hydrogen-bond acceptors (Lipinski definition) is 6. The standard InChI is InChI=1S/C27H20F2N6O2S/c1-38(36,37)8-5-15-9-18(11-19(28)10-15)23-26-22(4-7-31-23)32-27(33-26)25-20-12-17(16-3-2-6-30-14-16)13-21(29)24(20)34-35-25/h2-4,6-7,9-14H,5,8H2,1H3,(H,32,33)(H,34,35). The van der Waals surface area contributed by atoms with Crippen molar-refractivity contribution < 1.29 is 17.2 Å². The van der Waals surface area contributed by atoms with Crippen molar-refractivity contribution in [3.05, 3.63) is 84.3 Å². The normalized spacial score (nSPS) is 12.0. The third-order valence-corrected chi connectivity index (χ3v) is 7.18. The second kappa shape index (κ2) is 9.10. The van der Waals surface area contributed by atoms with E-state index in [2.05, 4.69) is 25.1 Å². The van der Waals surface area contributed by atoms with Crippen LogP contribution in [0.15, 0.2) is 67.1 Å². The number of fused-ring (bicyclic) bond motifs is 2. The van der Waals surface area contributed by atoms with Gasteiger partial charge in [0.25, 0.3) is 0 Å². The molecule has 0 fully saturated rings. The van der Waals surface area contributed by atoms with Gasteiger partial charge in [0.15, 0.2) is 11.6 Å². The summed E-state index contributed by atoms with van der Waals surface area (Å²) < 4.78 is 52.6. The highest BCUT2D eigenvalue weighted by molar-refractivity contribution is 7.90. The lowest BCUT2D eigenvalue weighted by atomic mass is 10.0. The van der Waals surface area contributed by atoms with E-state index in [0.717, 1.165) is 11.8 Å². The summed E-state index contributed by atoms with van der Waals surface area (Å²) in [7, 11) is -3.21. The zero-order valence-electron chi connectivity index (χ0n) is 20.0. The zero-order chi connectivity index (χ0) is 26.4. The van der Waals surface area contributed by atoms with Crippen molar-refractivity contribution in [3.8, 4) is 33.9 Å². The van der Waals surface area contributed by atoms with Gasteiger partial charge in [-0.3, -0.25) is 15.1 Å². The van der Waals surface area contributed by atoms with Crippen molar-refractivity contribution in [2.45, 2.75) is 6.42 Å². The number of rotatable bonds is 6. The average Bonchev–Trinajstić information content (AvgIpc) is 3.51. The molecule has 38 heavy (non-hydrogen) atoms. The minimum atomic E-state index is -3.21. The lowest BCUT2D eigenvalue weighted by Crippen LogP contribution is -2.06. The number of sulfone groups is 1. The summed E-state index contributed by atoms with van der Waals surface area (Å²) in [5.41, 5.74) is 4.62. The Morgan fingerprint density at radius 1 is 0.947 bits per heavy atom. The minimum Gasteiger partial charge on any atom is -0.337 e. The molecule has 4 heterocycles. The fourth-order valence-electron chi connectivity index (χ4n) is 4.46. The van der Waals surface area contributed by atoms with Gasteiger partial charge >= 0.3 is 0 Å². The molecule has 8 nitrogen and oxygen atoms in total. The molecule has 0 bridgehead atoms. The first-order valence-electron chi connectivity index (χ1n) is 11.7. The summed E-state index contributed by atoms with van der Waals surface area (Å²) in [6, 6.07) is 13.0. The molecule has 0 atom stereocenters. The van der Waals surface area contributed by atoms with E-state index >= 15 is 0 Å². The topological polar surface area (TPSA) is 117 Å². The van der Waals surface area contributed by atoms with Crippen LogP contribution in [0.1, 0.15) is 5.56 Å². The van der Waals surface area contributed by atoms with Crippen molar-refractivity contribution in [1.29, 1.82) is 0 Å². The number of aryl methyl sites for hydroxylation is 1. The largest absolute Gasteiger partial charge is 0.337 e. The molecule has 0 aliphatic heterocycles. The average molecular weight is 531 g/mol. The van der Waals surface area contributed by atoms with E-state index in [1.54, 1.807) is 36.8 Å². The number of aromatic nitrogens is 6. The molecule has 6 rings (SSSR count). The quantitative estimate of drug-likeness (QED) is 0.310. The molecule has 6 aromatic rings. The number of halogens is 2. The maximum atomic E-state index is 14.9. The molecule has 0 saturated heterocycles. The van der Waals surface area contributed by atoms with Crippen molar-refractivity contribution in [3.63, 3.8) is 0 Å². The molecule has 0 radical (unpaired) electrons. The molecule has 0 aliphatic rings. The van der Waals surface area contributed by atoms with E-state index in [4.69, 9.17) is 4.98 Å². The molecule has 190 valence electrons. The van der Waals surface area contributed by atoms with Crippen LogP contribution in [0, 0.1) is 11.6 Å². The first kappa shape index (κ1) is 23.9. The summed E-state index contributed by atoms with van der Waals surface area (Å²) in [5.74, 6) is -0.666. The maximum Gasteiger partial charge on any atom is 0.157 e. The molecule has 0 aliphatic carbocycles. The lowest BCUT2D eigenvalue weighted by molar-refractivity contribution is 0.600. The number of benzene rings is 2. The maximum absolute atomic E-state index is 14.9. The summed E-state index contributed by atoms with van der Waals surface area (Å²) in [6.45, 7) is 0. The second-order valence-corrected chi connectivity index (χ2v) is 11.3. The van der Waals surface area contributed by atoms with Crippen LogP contribution >= 0.6 is 0 Å². The summed E-state index contributed by atoms with van der Waals surface area (Å²) >= 11 is 0. The molecule has 2 N–H and O–H groups in total. The molecule has 0 unspecified atom stereocenters. The first-order valence-corrected chi connectivity index (χ1v) is 13.7. The van der Waals surface area contributed by atoms with Gasteiger partial charge in [0.2, 0.25) is 0 Å². The number of hydrogen-bond donors (Lipinski definition) is 2. The van der Waals surface area contributed by atoms with Crippen molar-refractivity contribution in [1.82, 2.24) is 30.1 Å². The summed E-state index contributed by atoms with van der Waals surface area (Å²) in [4.78, 5) is 16.5. The van der Waals surface area contributed by atoms with E-state index in [1.165, 1.54) is 18.2 Å². The van der Waals surface area contributed by atoms with Gasteiger partial charge in [0.05, 0.1) is 17.0 Å². The Kier molecular flexibility index (Phi) is 5.72. The highest BCUT2D eigenvalue weighted by Gasteiger charge is 2.19. The van der Waals surface area contributed by atoms with Gasteiger partial charge in [-0.25, -0.2) is 22.2 Å². The molecule has 0 spiro atoms. The number of H-pyrrole nitrogens is 2. The predicted octanol–water partition coefficient (Wildman–Crippen LogP) is 5.10. The van der Waals surface area contributed by atoms with E-state index < -0.39 is 21.5 Å². The Morgan fingerprint density at radius 3 is 2.61 bits per heavy atom. The van der Waals surface area contributed by atoms with Gasteiger partial charge in [-0.05, 0) is 60.0 Å². The molecule has 2 aromatic carbocycles. The summed E-state index contributed by atoms with van der Waals surface area (Å²) in [5, 5.41) is 7.57. The van der Waals surface area contributed by atoms with E-state index in [1.807, 2.05) is 12.1 Å². The fraction of sp³-hybridized carbons (Fsp3) is 0.111. The third-order valence-electron chi connectivity index (χ3n) is 6.24. The number of imidazole rings is 1. The van der Waals surface area contributed by atoms with Crippen LogP contribution in [0.5, 0.6) is 0 Å². The molecule has 4 aromatic heterocycles. The fourth-order valence-corrected chi connectivity index (χ4v) is 5.06. The van der Waals surface area contributed by atoms with E-state index in [9.17, 15) is 17.2 Å². The zero-order valence-corrected chi connectivity index (χ0v) is 20.9. The van der Waals surface area contributed by atoms with Crippen LogP contribution in [0.3, 0.4) is 0 Å². The Hall–Kier alpha value is -4.51. The first-order chi connectivity index (χ1) is 18.2. The van der Waals surface area contributed by atoms with Crippen molar-refractivity contribution in [2.75, 3.05) is 12.0 Å². The highest BCUT2D eigenvalue weighted by atomic mass is 32.2. The predicted molar refractivity (Wildman–Crippen MR) is 141 cm³/mol. The van der Waals surface area contributed by atoms with Crippen LogP contribution in [-0.4, -0.2) is 50.6 Å². The highest BCUT2D eigenvalue weighted by Crippen LogP contribution is 2.34. The molecule has 0 saturated carbocycles. The Balaban J connectivity index is 1.46. The Labute approximate surface area is 215 Å². The SMILES string of the molecule is CS(=O)(=O)CCc1cc(F)cc(-c2nccc3[nH]c(-c4[nH]nc5c(F)cc(-c6cccnc6)cc45)nc23)c1. The number of pyridine rings is 2. The number of aromatic amines is 2. The Bertz CT molecular complexity index is 1930. The van der Waals surface area contributed by atoms with Crippen molar-refractivity contribution >= 4 is 31.8 Å². The molecule has 11 heteroatoms. The van der Waals surface area contributed by atoms with Gasteiger partial charge in [-0.2, -0.15) is 5.10 Å². The molecule has 0 amide bonds. The van der Waals surface area contributed by atoms with Crippen LogP contribution in [-0.2, 0) is 16.3 Å². The van der Waals surface area contributed by atoms with Gasteiger partial charge < -0.3 is 4.98 Å². The summed E-state index contributed by atoms with van der Waals surface area (Å²) in [6.07, 6.45) is 6.20. The van der Waals surface area contributed by atoms with Gasteiger partial charge in [0, 0.05) is 41.4 Å². The lowest BCUT2D eigenvalue weighted by Gasteiger charge is -2.06. The van der Waals surface area contributed by atoms with Crippen molar-refractivity contribution in [2.24, 2.45) is 0 Å². The van der Waals surface area contributed by atoms with Gasteiger partial charge in [0.1, 0.15) is 32.4 Å². The number of nitrogens with zero attached hydrogens (tertiary/aromatic N) is 4. The van der Waals surface area contributed by atoms with Crippen LogP contribution < -0.4 is 0 Å². The smallest absolute Gasteiger partial charge is 0.157 e. The van der Waals surface area contributed by atoms with E-state index in [-0.39, 0.29) is 17.7 Å². The molecular formula is C27H20F2N6O2S.